The Kier molecular flexibility index (Phi) is 9.62. The monoisotopic (exact) mass is 538 g/mol. The average molecular weight is 539 g/mol. The third kappa shape index (κ3) is 8.01. The van der Waals surface area contributed by atoms with E-state index in [9.17, 15) is 23.1 Å². The molecule has 0 saturated heterocycles. The van der Waals surface area contributed by atoms with Gasteiger partial charge in [-0.1, -0.05) is 29.8 Å². The van der Waals surface area contributed by atoms with Crippen molar-refractivity contribution >= 4 is 17.6 Å². The number of hydrogen-bond donors (Lipinski definition) is 4. The van der Waals surface area contributed by atoms with E-state index < -0.39 is 30.5 Å². The van der Waals surface area contributed by atoms with Gasteiger partial charge in [-0.3, -0.25) is 0 Å². The fourth-order valence-electron chi connectivity index (χ4n) is 3.39. The molecule has 2 amide bonds. The molecule has 0 aliphatic carbocycles. The smallest absolute Gasteiger partial charge is 0.416 e. The summed E-state index contributed by atoms with van der Waals surface area (Å²) in [6.45, 7) is -0.354. The molecule has 4 N–H and O–H groups in total. The molecule has 3 rings (SSSR count). The van der Waals surface area contributed by atoms with E-state index in [2.05, 4.69) is 10.6 Å². The summed E-state index contributed by atoms with van der Waals surface area (Å²) < 4.78 is 48.8. The number of urea groups is 1. The molecule has 0 spiro atoms. The van der Waals surface area contributed by atoms with E-state index in [1.165, 1.54) is 19.2 Å². The molecule has 3 aromatic rings. The number of carbonyl (C=O) groups excluding carboxylic acids is 1. The first-order valence-corrected chi connectivity index (χ1v) is 11.5. The summed E-state index contributed by atoms with van der Waals surface area (Å²) in [4.78, 5) is 12.4. The van der Waals surface area contributed by atoms with Crippen LogP contribution in [0.25, 0.3) is 11.1 Å². The Morgan fingerprint density at radius 2 is 1.62 bits per heavy atom. The van der Waals surface area contributed by atoms with Gasteiger partial charge in [-0.15, -0.1) is 0 Å². The molecule has 0 heterocycles. The molecule has 0 saturated carbocycles. The van der Waals surface area contributed by atoms with Gasteiger partial charge in [-0.05, 0) is 59.2 Å². The molecule has 7 nitrogen and oxygen atoms in total. The van der Waals surface area contributed by atoms with Crippen LogP contribution >= 0.6 is 11.6 Å². The second kappa shape index (κ2) is 12.7. The lowest BCUT2D eigenvalue weighted by Crippen LogP contribution is -2.34. The van der Waals surface area contributed by atoms with Crippen molar-refractivity contribution < 1.29 is 37.7 Å². The number of aliphatic hydroxyl groups excluding tert-OH is 2. The quantitative estimate of drug-likeness (QED) is 0.298. The molecule has 0 bridgehead atoms. The average Bonchev–Trinajstić information content (AvgIpc) is 2.89. The van der Waals surface area contributed by atoms with Crippen LogP contribution in [-0.4, -0.2) is 42.7 Å². The standard InChI is InChI=1S/C26H26ClF3N2O5/c1-36-20-6-8-22(23-9-7-21(11-24(23)27)37-15-19(34)14-33)17(10-20)13-32-25(35)31-12-16-2-4-18(5-3-16)26(28,29)30/h2-11,19,33-34H,12-15H2,1H3,(H2,31,32,35). The van der Waals surface area contributed by atoms with Crippen LogP contribution in [0.1, 0.15) is 16.7 Å². The van der Waals surface area contributed by atoms with Crippen molar-refractivity contribution in [2.75, 3.05) is 20.3 Å². The number of nitrogens with one attached hydrogen (secondary N) is 2. The van der Waals surface area contributed by atoms with Crippen LogP contribution in [0.2, 0.25) is 5.02 Å². The Bertz CT molecular complexity index is 1210. The fraction of sp³-hybridized carbons (Fsp3) is 0.269. The molecule has 0 aliphatic rings. The summed E-state index contributed by atoms with van der Waals surface area (Å²) >= 11 is 6.49. The van der Waals surface area contributed by atoms with E-state index in [-0.39, 0.29) is 19.7 Å². The van der Waals surface area contributed by atoms with Gasteiger partial charge in [-0.2, -0.15) is 13.2 Å². The lowest BCUT2D eigenvalue weighted by Gasteiger charge is -2.16. The summed E-state index contributed by atoms with van der Waals surface area (Å²) in [6, 6.07) is 14.3. The molecule has 0 fully saturated rings. The van der Waals surface area contributed by atoms with Crippen LogP contribution in [0.3, 0.4) is 0 Å². The van der Waals surface area contributed by atoms with Gasteiger partial charge in [0.25, 0.3) is 0 Å². The van der Waals surface area contributed by atoms with Gasteiger partial charge in [0.05, 0.1) is 24.3 Å². The Hall–Kier alpha value is -3.47. The SMILES string of the molecule is COc1ccc(-c2ccc(OCC(O)CO)cc2Cl)c(CNC(=O)NCc2ccc(C(F)(F)F)cc2)c1. The molecule has 0 aliphatic heterocycles. The van der Waals surface area contributed by atoms with E-state index in [4.69, 9.17) is 26.2 Å². The van der Waals surface area contributed by atoms with Gasteiger partial charge < -0.3 is 30.3 Å². The van der Waals surface area contributed by atoms with Crippen LogP contribution in [0, 0.1) is 0 Å². The molecule has 0 aromatic heterocycles. The minimum Gasteiger partial charge on any atom is -0.497 e. The predicted octanol–water partition coefficient (Wildman–Crippen LogP) is 4.77. The Balaban J connectivity index is 1.67. The van der Waals surface area contributed by atoms with Gasteiger partial charge in [0.1, 0.15) is 24.2 Å². The van der Waals surface area contributed by atoms with E-state index in [0.29, 0.717) is 33.2 Å². The van der Waals surface area contributed by atoms with Gasteiger partial charge in [0.15, 0.2) is 0 Å². The number of carbonyl (C=O) groups is 1. The van der Waals surface area contributed by atoms with Crippen molar-refractivity contribution in [2.24, 2.45) is 0 Å². The first-order valence-electron chi connectivity index (χ1n) is 11.2. The number of methoxy groups -OCH3 is 1. The summed E-state index contributed by atoms with van der Waals surface area (Å²) in [6.07, 6.45) is -5.43. The Morgan fingerprint density at radius 1 is 0.973 bits per heavy atom. The van der Waals surface area contributed by atoms with Crippen LogP contribution in [0.4, 0.5) is 18.0 Å². The maximum absolute atomic E-state index is 12.7. The van der Waals surface area contributed by atoms with Crippen molar-refractivity contribution in [3.8, 4) is 22.6 Å². The van der Waals surface area contributed by atoms with Gasteiger partial charge in [-0.25, -0.2) is 4.79 Å². The van der Waals surface area contributed by atoms with Gasteiger partial charge >= 0.3 is 12.2 Å². The fourth-order valence-corrected chi connectivity index (χ4v) is 3.66. The molecule has 0 radical (unpaired) electrons. The second-order valence-corrected chi connectivity index (χ2v) is 8.45. The van der Waals surface area contributed by atoms with Crippen LogP contribution < -0.4 is 20.1 Å². The zero-order chi connectivity index (χ0) is 27.0. The molecular formula is C26H26ClF3N2O5. The summed E-state index contributed by atoms with van der Waals surface area (Å²) in [7, 11) is 1.52. The summed E-state index contributed by atoms with van der Waals surface area (Å²) in [5, 5.41) is 24.1. The number of amides is 2. The van der Waals surface area contributed by atoms with Gasteiger partial charge in [0, 0.05) is 18.7 Å². The number of aliphatic hydroxyl groups is 2. The van der Waals surface area contributed by atoms with E-state index in [1.54, 1.807) is 36.4 Å². The number of benzene rings is 3. The van der Waals surface area contributed by atoms with Crippen LogP contribution in [0.15, 0.2) is 60.7 Å². The molecule has 11 heteroatoms. The highest BCUT2D eigenvalue weighted by Crippen LogP contribution is 2.35. The summed E-state index contributed by atoms with van der Waals surface area (Å²) in [5.74, 6) is 0.983. The third-order valence-electron chi connectivity index (χ3n) is 5.37. The Morgan fingerprint density at radius 3 is 2.24 bits per heavy atom. The number of hydrogen-bond acceptors (Lipinski definition) is 5. The minimum absolute atomic E-state index is 0.0488. The minimum atomic E-state index is -4.42. The highest BCUT2D eigenvalue weighted by molar-refractivity contribution is 6.33. The second-order valence-electron chi connectivity index (χ2n) is 8.04. The van der Waals surface area contributed by atoms with E-state index in [0.717, 1.165) is 17.7 Å². The predicted molar refractivity (Wildman–Crippen MR) is 133 cm³/mol. The number of rotatable bonds is 10. The molecule has 1 atom stereocenters. The lowest BCUT2D eigenvalue weighted by atomic mass is 9.99. The van der Waals surface area contributed by atoms with Gasteiger partial charge in [0.2, 0.25) is 0 Å². The topological polar surface area (TPSA) is 100 Å². The zero-order valence-corrected chi connectivity index (χ0v) is 20.6. The first kappa shape index (κ1) is 28.1. The molecule has 198 valence electrons. The van der Waals surface area contributed by atoms with Crippen molar-refractivity contribution in [1.29, 1.82) is 0 Å². The number of alkyl halides is 3. The zero-order valence-electron chi connectivity index (χ0n) is 19.8. The molecule has 37 heavy (non-hydrogen) atoms. The van der Waals surface area contributed by atoms with Crippen molar-refractivity contribution in [3.63, 3.8) is 0 Å². The number of ether oxygens (including phenoxy) is 2. The third-order valence-corrected chi connectivity index (χ3v) is 5.68. The summed E-state index contributed by atoms with van der Waals surface area (Å²) in [5.41, 5.74) is 1.87. The first-order chi connectivity index (χ1) is 17.6. The van der Waals surface area contributed by atoms with Crippen LogP contribution in [0.5, 0.6) is 11.5 Å². The lowest BCUT2D eigenvalue weighted by molar-refractivity contribution is -0.137. The molecule has 1 unspecified atom stereocenters. The van der Waals surface area contributed by atoms with Crippen molar-refractivity contribution in [3.05, 3.63) is 82.4 Å². The van der Waals surface area contributed by atoms with Crippen LogP contribution in [-0.2, 0) is 19.3 Å². The maximum Gasteiger partial charge on any atom is 0.416 e. The van der Waals surface area contributed by atoms with Crippen molar-refractivity contribution in [1.82, 2.24) is 10.6 Å². The van der Waals surface area contributed by atoms with Crippen molar-refractivity contribution in [2.45, 2.75) is 25.4 Å². The molecule has 3 aromatic carbocycles. The van der Waals surface area contributed by atoms with E-state index in [1.807, 2.05) is 0 Å². The van der Waals surface area contributed by atoms with E-state index >= 15 is 0 Å². The molecular weight excluding hydrogens is 513 g/mol. The highest BCUT2D eigenvalue weighted by atomic mass is 35.5. The normalized spacial score (nSPS) is 12.1. The Labute approximate surface area is 216 Å². The maximum atomic E-state index is 12.7. The highest BCUT2D eigenvalue weighted by Gasteiger charge is 2.29. The largest absolute Gasteiger partial charge is 0.497 e. The number of halogens is 4.